The normalized spacial score (nSPS) is 24.3. The van der Waals surface area contributed by atoms with Gasteiger partial charge < -0.3 is 10.2 Å². The molecule has 1 aliphatic heterocycles. The van der Waals surface area contributed by atoms with Gasteiger partial charge in [0.05, 0.1) is 0 Å². The quantitative estimate of drug-likeness (QED) is 0.868. The van der Waals surface area contributed by atoms with Crippen molar-refractivity contribution in [1.29, 1.82) is 0 Å². The number of aromatic nitrogens is 1. The summed E-state index contributed by atoms with van der Waals surface area (Å²) in [5.74, 6) is 1.02. The van der Waals surface area contributed by atoms with Crippen molar-refractivity contribution in [3.8, 4) is 0 Å². The number of rotatable bonds is 6. The molecule has 0 radical (unpaired) electrons. The average Bonchev–Trinajstić information content (AvgIpc) is 3.39. The summed E-state index contributed by atoms with van der Waals surface area (Å²) in [5, 5.41) is 4.79. The third-order valence-electron chi connectivity index (χ3n) is 4.54. The van der Waals surface area contributed by atoms with E-state index in [0.717, 1.165) is 31.6 Å². The summed E-state index contributed by atoms with van der Waals surface area (Å²) < 4.78 is 0. The summed E-state index contributed by atoms with van der Waals surface area (Å²) in [6.45, 7) is 7.06. The van der Waals surface area contributed by atoms with Crippen molar-refractivity contribution in [2.45, 2.75) is 38.3 Å². The van der Waals surface area contributed by atoms with Crippen LogP contribution in [0.5, 0.6) is 0 Å². The monoisotopic (exact) mass is 292 g/mol. The van der Waals surface area contributed by atoms with Gasteiger partial charge in [-0.2, -0.15) is 0 Å². The second-order valence-corrected chi connectivity index (χ2v) is 7.59. The number of piperazine rings is 1. The molecule has 1 N–H and O–H groups in total. The van der Waals surface area contributed by atoms with Gasteiger partial charge in [0.1, 0.15) is 0 Å². The first-order valence-electron chi connectivity index (χ1n) is 8.02. The first-order chi connectivity index (χ1) is 9.87. The van der Waals surface area contributed by atoms with Gasteiger partial charge in [0.25, 0.3) is 0 Å². The third-order valence-corrected chi connectivity index (χ3v) is 5.60. The van der Waals surface area contributed by atoms with Gasteiger partial charge in [-0.15, -0.1) is 11.3 Å². The van der Waals surface area contributed by atoms with E-state index in [1.807, 2.05) is 11.3 Å². The summed E-state index contributed by atoms with van der Waals surface area (Å²) in [7, 11) is 0. The molecule has 0 atom stereocenters. The lowest BCUT2D eigenvalue weighted by molar-refractivity contribution is 0.248. The molecule has 3 fully saturated rings. The average molecular weight is 292 g/mol. The van der Waals surface area contributed by atoms with Crippen LogP contribution in [0.1, 0.15) is 30.6 Å². The molecule has 5 heteroatoms. The molecule has 0 amide bonds. The fraction of sp³-hybridized carbons (Fsp3) is 0.800. The van der Waals surface area contributed by atoms with Gasteiger partial charge in [-0.25, -0.2) is 4.98 Å². The Labute approximate surface area is 125 Å². The first kappa shape index (κ1) is 13.0. The van der Waals surface area contributed by atoms with Crippen LogP contribution in [0.3, 0.4) is 0 Å². The minimum Gasteiger partial charge on any atom is -0.346 e. The predicted molar refractivity (Wildman–Crippen MR) is 83.4 cm³/mol. The van der Waals surface area contributed by atoms with Gasteiger partial charge in [0, 0.05) is 56.4 Å². The highest BCUT2D eigenvalue weighted by Gasteiger charge is 2.27. The van der Waals surface area contributed by atoms with E-state index in [1.54, 1.807) is 0 Å². The molecule has 1 aromatic heterocycles. The van der Waals surface area contributed by atoms with Gasteiger partial charge in [-0.05, 0) is 31.6 Å². The van der Waals surface area contributed by atoms with Crippen LogP contribution in [0, 0.1) is 5.92 Å². The number of thiazole rings is 1. The number of hydrogen-bond donors (Lipinski definition) is 1. The van der Waals surface area contributed by atoms with E-state index < -0.39 is 0 Å². The summed E-state index contributed by atoms with van der Waals surface area (Å²) >= 11 is 1.87. The lowest BCUT2D eigenvalue weighted by atomic mass is 10.3. The molecular weight excluding hydrogens is 268 g/mol. The van der Waals surface area contributed by atoms with Crippen molar-refractivity contribution >= 4 is 16.5 Å². The zero-order chi connectivity index (χ0) is 13.4. The molecule has 4 nitrogen and oxygen atoms in total. The Morgan fingerprint density at radius 1 is 1.15 bits per heavy atom. The van der Waals surface area contributed by atoms with Gasteiger partial charge in [-0.3, -0.25) is 4.90 Å². The number of nitrogens with zero attached hydrogens (tertiary/aromatic N) is 3. The topological polar surface area (TPSA) is 31.4 Å². The molecule has 0 bridgehead atoms. The van der Waals surface area contributed by atoms with Crippen molar-refractivity contribution in [2.24, 2.45) is 5.92 Å². The first-order valence-corrected chi connectivity index (χ1v) is 8.84. The van der Waals surface area contributed by atoms with Crippen LogP contribution in [0.15, 0.2) is 6.20 Å². The van der Waals surface area contributed by atoms with E-state index in [1.165, 1.54) is 55.3 Å². The van der Waals surface area contributed by atoms with Crippen LogP contribution in [0.25, 0.3) is 0 Å². The summed E-state index contributed by atoms with van der Waals surface area (Å²) in [4.78, 5) is 11.1. The van der Waals surface area contributed by atoms with Crippen LogP contribution < -0.4 is 10.2 Å². The molecule has 2 saturated carbocycles. The lowest BCUT2D eigenvalue weighted by Crippen LogP contribution is -2.46. The molecule has 2 aliphatic carbocycles. The van der Waals surface area contributed by atoms with Gasteiger partial charge >= 0.3 is 0 Å². The third kappa shape index (κ3) is 3.32. The second kappa shape index (κ2) is 5.62. The van der Waals surface area contributed by atoms with Gasteiger partial charge in [0.2, 0.25) is 0 Å². The molecule has 2 heterocycles. The molecule has 4 rings (SSSR count). The second-order valence-electron chi connectivity index (χ2n) is 6.50. The minimum absolute atomic E-state index is 0.784. The van der Waals surface area contributed by atoms with E-state index in [4.69, 9.17) is 0 Å². The number of hydrogen-bond acceptors (Lipinski definition) is 5. The van der Waals surface area contributed by atoms with Crippen molar-refractivity contribution in [3.05, 3.63) is 11.1 Å². The highest BCUT2D eigenvalue weighted by molar-refractivity contribution is 7.15. The summed E-state index contributed by atoms with van der Waals surface area (Å²) in [6.07, 6.45) is 7.70. The summed E-state index contributed by atoms with van der Waals surface area (Å²) in [6, 6.07) is 0.784. The Hall–Kier alpha value is -0.650. The van der Waals surface area contributed by atoms with E-state index in [9.17, 15) is 0 Å². The van der Waals surface area contributed by atoms with Crippen LogP contribution in [0.2, 0.25) is 0 Å². The highest BCUT2D eigenvalue weighted by atomic mass is 32.1. The molecule has 0 spiro atoms. The maximum absolute atomic E-state index is 4.62. The van der Waals surface area contributed by atoms with Crippen molar-refractivity contribution in [3.63, 3.8) is 0 Å². The van der Waals surface area contributed by atoms with Crippen LogP contribution in [-0.2, 0) is 6.54 Å². The standard InChI is InChI=1S/C15H24N4S/c1-2-12(1)11-18-5-7-19(8-6-18)15-17-10-14(20-15)9-16-13-3-4-13/h10,12-13,16H,1-9,11H2. The van der Waals surface area contributed by atoms with Gasteiger partial charge in [-0.1, -0.05) is 0 Å². The SMILES string of the molecule is c1nc(N2CCN(CC3CC3)CC2)sc1CNC1CC1. The maximum atomic E-state index is 4.62. The molecule has 110 valence electrons. The highest BCUT2D eigenvalue weighted by Crippen LogP contribution is 2.30. The Morgan fingerprint density at radius 3 is 2.65 bits per heavy atom. The molecule has 1 aromatic rings. The number of anilines is 1. The van der Waals surface area contributed by atoms with Crippen molar-refractivity contribution in [2.75, 3.05) is 37.6 Å². The zero-order valence-electron chi connectivity index (χ0n) is 12.1. The van der Waals surface area contributed by atoms with E-state index in [2.05, 4.69) is 26.3 Å². The predicted octanol–water partition coefficient (Wildman–Crippen LogP) is 1.93. The molecule has 0 aromatic carbocycles. The Morgan fingerprint density at radius 2 is 1.95 bits per heavy atom. The molecule has 20 heavy (non-hydrogen) atoms. The fourth-order valence-corrected chi connectivity index (χ4v) is 3.76. The van der Waals surface area contributed by atoms with Crippen LogP contribution >= 0.6 is 11.3 Å². The minimum atomic E-state index is 0.784. The van der Waals surface area contributed by atoms with Crippen molar-refractivity contribution in [1.82, 2.24) is 15.2 Å². The molecule has 1 saturated heterocycles. The van der Waals surface area contributed by atoms with Crippen LogP contribution in [0.4, 0.5) is 5.13 Å². The Kier molecular flexibility index (Phi) is 3.67. The molecule has 3 aliphatic rings. The van der Waals surface area contributed by atoms with Crippen molar-refractivity contribution < 1.29 is 0 Å². The Balaban J connectivity index is 1.27. The van der Waals surface area contributed by atoms with E-state index >= 15 is 0 Å². The fourth-order valence-electron chi connectivity index (χ4n) is 2.84. The zero-order valence-corrected chi connectivity index (χ0v) is 12.9. The molecule has 0 unspecified atom stereocenters. The Bertz CT molecular complexity index is 444. The van der Waals surface area contributed by atoms with Gasteiger partial charge in [0.15, 0.2) is 5.13 Å². The number of nitrogens with one attached hydrogen (secondary N) is 1. The lowest BCUT2D eigenvalue weighted by Gasteiger charge is -2.34. The maximum Gasteiger partial charge on any atom is 0.185 e. The smallest absolute Gasteiger partial charge is 0.185 e. The van der Waals surface area contributed by atoms with E-state index in [-0.39, 0.29) is 0 Å². The van der Waals surface area contributed by atoms with Crippen LogP contribution in [-0.4, -0.2) is 48.6 Å². The largest absolute Gasteiger partial charge is 0.346 e. The summed E-state index contributed by atoms with van der Waals surface area (Å²) in [5.41, 5.74) is 0. The van der Waals surface area contributed by atoms with E-state index in [0.29, 0.717) is 0 Å². The molecular formula is C15H24N4S.